The van der Waals surface area contributed by atoms with Crippen molar-refractivity contribution in [2.75, 3.05) is 13.1 Å². The van der Waals surface area contributed by atoms with E-state index in [9.17, 15) is 22.8 Å². The van der Waals surface area contributed by atoms with Gasteiger partial charge in [-0.1, -0.05) is 0 Å². The van der Waals surface area contributed by atoms with Crippen LogP contribution in [0.5, 0.6) is 0 Å². The molecule has 0 aromatic heterocycles. The van der Waals surface area contributed by atoms with Crippen molar-refractivity contribution in [3.63, 3.8) is 0 Å². The topological polar surface area (TPSA) is 69.6 Å². The van der Waals surface area contributed by atoms with Crippen LogP contribution in [0.4, 0.5) is 18.0 Å². The van der Waals surface area contributed by atoms with E-state index in [0.29, 0.717) is 19.4 Å². The molecule has 1 aliphatic heterocycles. The number of halogens is 3. The minimum atomic E-state index is -4.46. The molecule has 2 amide bonds. The van der Waals surface area contributed by atoms with E-state index in [-0.39, 0.29) is 6.42 Å². The first-order chi connectivity index (χ1) is 7.79. The second-order valence-electron chi connectivity index (χ2n) is 3.86. The number of carboxylic acids is 1. The van der Waals surface area contributed by atoms with Crippen LogP contribution in [0, 0.1) is 0 Å². The Morgan fingerprint density at radius 3 is 2.59 bits per heavy atom. The molecule has 1 atom stereocenters. The van der Waals surface area contributed by atoms with Crippen molar-refractivity contribution in [2.24, 2.45) is 0 Å². The molecular weight excluding hydrogens is 241 g/mol. The van der Waals surface area contributed by atoms with E-state index < -0.39 is 30.8 Å². The minimum absolute atomic E-state index is 0.237. The zero-order valence-electron chi connectivity index (χ0n) is 8.96. The minimum Gasteiger partial charge on any atom is -0.481 e. The first-order valence-corrected chi connectivity index (χ1v) is 5.12. The standard InChI is InChI=1S/C9H13F3N2O3/c10-9(11,12)5-13-8(17)14-3-1-2-6(14)4-7(15)16/h6H,1-5H2,(H,13,17)(H,15,16). The van der Waals surface area contributed by atoms with Crippen LogP contribution in [-0.4, -0.2) is 47.3 Å². The van der Waals surface area contributed by atoms with E-state index in [1.165, 1.54) is 0 Å². The molecule has 5 nitrogen and oxygen atoms in total. The normalized spacial score (nSPS) is 20.4. The third-order valence-electron chi connectivity index (χ3n) is 2.49. The number of aliphatic carboxylic acids is 1. The number of urea groups is 1. The Hall–Kier alpha value is -1.47. The van der Waals surface area contributed by atoms with E-state index in [4.69, 9.17) is 5.11 Å². The number of rotatable bonds is 3. The molecule has 17 heavy (non-hydrogen) atoms. The lowest BCUT2D eigenvalue weighted by molar-refractivity contribution is -0.138. The third kappa shape index (κ3) is 4.49. The van der Waals surface area contributed by atoms with Crippen molar-refractivity contribution >= 4 is 12.0 Å². The maximum absolute atomic E-state index is 11.9. The Morgan fingerprint density at radius 1 is 1.41 bits per heavy atom. The van der Waals surface area contributed by atoms with Crippen LogP contribution in [0.1, 0.15) is 19.3 Å². The molecule has 1 rings (SSSR count). The van der Waals surface area contributed by atoms with E-state index in [1.54, 1.807) is 5.32 Å². The molecule has 0 aromatic carbocycles. The number of hydrogen-bond acceptors (Lipinski definition) is 2. The predicted molar refractivity (Wildman–Crippen MR) is 51.4 cm³/mol. The van der Waals surface area contributed by atoms with Crippen LogP contribution in [-0.2, 0) is 4.79 Å². The summed E-state index contributed by atoms with van der Waals surface area (Å²) >= 11 is 0. The van der Waals surface area contributed by atoms with Crippen LogP contribution in [0.25, 0.3) is 0 Å². The fourth-order valence-electron chi connectivity index (χ4n) is 1.79. The molecule has 0 bridgehead atoms. The van der Waals surface area contributed by atoms with Gasteiger partial charge in [0.25, 0.3) is 0 Å². The number of carbonyl (C=O) groups is 2. The number of nitrogens with zero attached hydrogens (tertiary/aromatic N) is 1. The molecule has 1 saturated heterocycles. The molecule has 98 valence electrons. The molecule has 0 radical (unpaired) electrons. The second-order valence-corrected chi connectivity index (χ2v) is 3.86. The van der Waals surface area contributed by atoms with Crippen molar-refractivity contribution in [3.05, 3.63) is 0 Å². The smallest absolute Gasteiger partial charge is 0.405 e. The number of alkyl halides is 3. The highest BCUT2D eigenvalue weighted by Crippen LogP contribution is 2.20. The van der Waals surface area contributed by atoms with Crippen LogP contribution in [0.2, 0.25) is 0 Å². The highest BCUT2D eigenvalue weighted by atomic mass is 19.4. The Bertz CT molecular complexity index is 306. The SMILES string of the molecule is O=C(O)CC1CCCN1C(=O)NCC(F)(F)F. The van der Waals surface area contributed by atoms with E-state index in [2.05, 4.69) is 0 Å². The number of carbonyl (C=O) groups excluding carboxylic acids is 1. The zero-order valence-corrected chi connectivity index (χ0v) is 8.96. The van der Waals surface area contributed by atoms with Crippen LogP contribution >= 0.6 is 0 Å². The molecule has 1 fully saturated rings. The summed E-state index contributed by atoms with van der Waals surface area (Å²) in [6, 6.07) is -1.37. The average molecular weight is 254 g/mol. The number of hydrogen-bond donors (Lipinski definition) is 2. The molecule has 2 N–H and O–H groups in total. The van der Waals surface area contributed by atoms with Gasteiger partial charge in [0, 0.05) is 12.6 Å². The lowest BCUT2D eigenvalue weighted by Crippen LogP contribution is -2.46. The quantitative estimate of drug-likeness (QED) is 0.795. The van der Waals surface area contributed by atoms with Crippen molar-refractivity contribution in [2.45, 2.75) is 31.5 Å². The van der Waals surface area contributed by atoms with Gasteiger partial charge >= 0.3 is 18.2 Å². The molecule has 0 saturated carbocycles. The lowest BCUT2D eigenvalue weighted by atomic mass is 10.1. The molecule has 0 spiro atoms. The molecule has 8 heteroatoms. The fourth-order valence-corrected chi connectivity index (χ4v) is 1.79. The van der Waals surface area contributed by atoms with Gasteiger partial charge in [-0.05, 0) is 12.8 Å². The van der Waals surface area contributed by atoms with E-state index in [0.717, 1.165) is 4.90 Å². The summed E-state index contributed by atoms with van der Waals surface area (Å²) < 4.78 is 35.6. The summed E-state index contributed by atoms with van der Waals surface area (Å²) in [5, 5.41) is 10.3. The second kappa shape index (κ2) is 5.24. The summed E-state index contributed by atoms with van der Waals surface area (Å²) in [4.78, 5) is 23.1. The Balaban J connectivity index is 2.47. The molecule has 1 heterocycles. The van der Waals surface area contributed by atoms with Crippen molar-refractivity contribution < 1.29 is 27.9 Å². The maximum Gasteiger partial charge on any atom is 0.405 e. The van der Waals surface area contributed by atoms with Gasteiger partial charge < -0.3 is 15.3 Å². The number of nitrogens with one attached hydrogen (secondary N) is 1. The fraction of sp³-hybridized carbons (Fsp3) is 0.778. The van der Waals surface area contributed by atoms with Crippen molar-refractivity contribution in [1.82, 2.24) is 10.2 Å². The summed E-state index contributed by atoms with van der Waals surface area (Å²) in [5.74, 6) is -1.06. The Morgan fingerprint density at radius 2 is 2.06 bits per heavy atom. The van der Waals surface area contributed by atoms with Crippen LogP contribution in [0.15, 0.2) is 0 Å². The monoisotopic (exact) mass is 254 g/mol. The van der Waals surface area contributed by atoms with Gasteiger partial charge in [-0.25, -0.2) is 4.79 Å². The van der Waals surface area contributed by atoms with Crippen molar-refractivity contribution in [1.29, 1.82) is 0 Å². The highest BCUT2D eigenvalue weighted by molar-refractivity contribution is 5.76. The number of amides is 2. The first kappa shape index (κ1) is 13.6. The largest absolute Gasteiger partial charge is 0.481 e. The summed E-state index contributed by atoms with van der Waals surface area (Å²) in [7, 11) is 0. The van der Waals surface area contributed by atoms with Gasteiger partial charge in [0.15, 0.2) is 0 Å². The van der Waals surface area contributed by atoms with Gasteiger partial charge in [0.1, 0.15) is 6.54 Å². The molecule has 0 aromatic rings. The predicted octanol–water partition coefficient (Wildman–Crippen LogP) is 1.20. The maximum atomic E-state index is 11.9. The van der Waals surface area contributed by atoms with Gasteiger partial charge in [-0.2, -0.15) is 13.2 Å². The third-order valence-corrected chi connectivity index (χ3v) is 2.49. The first-order valence-electron chi connectivity index (χ1n) is 5.12. The number of carboxylic acid groups (broad SMARTS) is 1. The molecule has 1 aliphatic rings. The van der Waals surface area contributed by atoms with Gasteiger partial charge in [0.2, 0.25) is 0 Å². The van der Waals surface area contributed by atoms with Gasteiger partial charge in [-0.3, -0.25) is 4.79 Å². The molecule has 0 aliphatic carbocycles. The molecule has 1 unspecified atom stereocenters. The summed E-state index contributed by atoms with van der Waals surface area (Å²) in [6.45, 7) is -1.11. The highest BCUT2D eigenvalue weighted by Gasteiger charge is 2.33. The van der Waals surface area contributed by atoms with E-state index in [1.807, 2.05) is 0 Å². The zero-order chi connectivity index (χ0) is 13.1. The lowest BCUT2D eigenvalue weighted by Gasteiger charge is -2.24. The molecular formula is C9H13F3N2O3. The van der Waals surface area contributed by atoms with Crippen LogP contribution < -0.4 is 5.32 Å². The summed E-state index contributed by atoms with van der Waals surface area (Å²) in [6.07, 6.45) is -3.58. The number of likely N-dealkylation sites (tertiary alicyclic amines) is 1. The Labute approximate surface area is 95.6 Å². The van der Waals surface area contributed by atoms with Gasteiger partial charge in [0.05, 0.1) is 6.42 Å². The average Bonchev–Trinajstić information content (AvgIpc) is 2.60. The van der Waals surface area contributed by atoms with Crippen molar-refractivity contribution in [3.8, 4) is 0 Å². The van der Waals surface area contributed by atoms with E-state index >= 15 is 0 Å². The Kier molecular flexibility index (Phi) is 4.19. The van der Waals surface area contributed by atoms with Gasteiger partial charge in [-0.15, -0.1) is 0 Å². The summed E-state index contributed by atoms with van der Waals surface area (Å²) in [5.41, 5.74) is 0. The van der Waals surface area contributed by atoms with Crippen LogP contribution in [0.3, 0.4) is 0 Å².